The van der Waals surface area contributed by atoms with Gasteiger partial charge in [-0.1, -0.05) is 12.8 Å². The normalized spacial score (nSPS) is 33.4. The van der Waals surface area contributed by atoms with Crippen molar-refractivity contribution in [3.63, 3.8) is 0 Å². The lowest BCUT2D eigenvalue weighted by Gasteiger charge is -2.45. The maximum absolute atomic E-state index is 9.43. The van der Waals surface area contributed by atoms with Crippen molar-refractivity contribution < 1.29 is 9.84 Å². The molecular weight excluding hydrogens is 216 g/mol. The van der Waals surface area contributed by atoms with Crippen LogP contribution < -0.4 is 11.1 Å². The van der Waals surface area contributed by atoms with E-state index in [0.29, 0.717) is 6.54 Å². The molecule has 102 valence electrons. The Morgan fingerprint density at radius 3 is 2.71 bits per heavy atom. The van der Waals surface area contributed by atoms with Crippen LogP contribution in [0.25, 0.3) is 0 Å². The van der Waals surface area contributed by atoms with Gasteiger partial charge < -0.3 is 20.9 Å². The highest BCUT2D eigenvalue weighted by Gasteiger charge is 2.40. The predicted octanol–water partition coefficient (Wildman–Crippen LogP) is 1.02. The molecule has 17 heavy (non-hydrogen) atoms. The quantitative estimate of drug-likeness (QED) is 0.652. The van der Waals surface area contributed by atoms with Gasteiger partial charge in [0.1, 0.15) is 0 Å². The fraction of sp³-hybridized carbons (Fsp3) is 1.00. The van der Waals surface area contributed by atoms with Crippen LogP contribution in [0.4, 0.5) is 0 Å². The van der Waals surface area contributed by atoms with Crippen LogP contribution in [0.15, 0.2) is 0 Å². The molecule has 0 saturated heterocycles. The lowest BCUT2D eigenvalue weighted by molar-refractivity contribution is -0.0153. The molecule has 4 atom stereocenters. The van der Waals surface area contributed by atoms with E-state index in [2.05, 4.69) is 12.2 Å². The summed E-state index contributed by atoms with van der Waals surface area (Å²) in [5.74, 6) is 0. The first-order valence-electron chi connectivity index (χ1n) is 6.72. The Balaban J connectivity index is 2.65. The van der Waals surface area contributed by atoms with E-state index in [0.717, 1.165) is 19.3 Å². The zero-order valence-corrected chi connectivity index (χ0v) is 11.4. The van der Waals surface area contributed by atoms with E-state index < -0.39 is 0 Å². The molecule has 0 radical (unpaired) electrons. The predicted molar refractivity (Wildman–Crippen MR) is 69.9 cm³/mol. The van der Waals surface area contributed by atoms with Crippen molar-refractivity contribution in [2.24, 2.45) is 5.73 Å². The Labute approximate surface area is 105 Å². The zero-order valence-electron chi connectivity index (χ0n) is 11.4. The zero-order chi connectivity index (χ0) is 12.9. The highest BCUT2D eigenvalue weighted by Crippen LogP contribution is 2.30. The highest BCUT2D eigenvalue weighted by molar-refractivity contribution is 5.00. The minimum absolute atomic E-state index is 0.110. The minimum Gasteiger partial charge on any atom is -0.393 e. The topological polar surface area (TPSA) is 67.5 Å². The maximum atomic E-state index is 9.43. The van der Waals surface area contributed by atoms with Gasteiger partial charge in [-0.15, -0.1) is 0 Å². The first-order chi connectivity index (χ1) is 8.04. The van der Waals surface area contributed by atoms with Gasteiger partial charge in [-0.05, 0) is 33.1 Å². The molecular formula is C13H28N2O2. The van der Waals surface area contributed by atoms with Crippen LogP contribution in [0.3, 0.4) is 0 Å². The van der Waals surface area contributed by atoms with Gasteiger partial charge in [0.25, 0.3) is 0 Å². The number of ether oxygens (including phenoxy) is 1. The molecule has 4 nitrogen and oxygen atoms in total. The second-order valence-corrected chi connectivity index (χ2v) is 5.46. The third-order valence-electron chi connectivity index (χ3n) is 3.83. The fourth-order valence-electron chi connectivity index (χ4n) is 3.07. The summed E-state index contributed by atoms with van der Waals surface area (Å²) in [6, 6.07) is 0.259. The van der Waals surface area contributed by atoms with E-state index in [1.807, 2.05) is 6.92 Å². The third-order valence-corrected chi connectivity index (χ3v) is 3.83. The first-order valence-corrected chi connectivity index (χ1v) is 6.72. The van der Waals surface area contributed by atoms with Crippen LogP contribution in [0.5, 0.6) is 0 Å². The molecule has 1 rings (SSSR count). The van der Waals surface area contributed by atoms with Crippen LogP contribution in [-0.2, 0) is 4.74 Å². The standard InChI is InChI=1S/C13H28N2O2/c1-10(8-11(2)16)15-13(9-14)7-5-4-6-12(13)17-3/h10-12,15-16H,4-9,14H2,1-3H3. The van der Waals surface area contributed by atoms with Crippen LogP contribution in [0.2, 0.25) is 0 Å². The van der Waals surface area contributed by atoms with Gasteiger partial charge in [0.15, 0.2) is 0 Å². The number of methoxy groups -OCH3 is 1. The Bertz CT molecular complexity index is 223. The molecule has 0 amide bonds. The van der Waals surface area contributed by atoms with Gasteiger partial charge in [0, 0.05) is 19.7 Å². The lowest BCUT2D eigenvalue weighted by Crippen LogP contribution is -2.63. The summed E-state index contributed by atoms with van der Waals surface area (Å²) in [5, 5.41) is 13.0. The summed E-state index contributed by atoms with van der Waals surface area (Å²) in [6.07, 6.45) is 5.21. The Kier molecular flexibility index (Phi) is 5.86. The summed E-state index contributed by atoms with van der Waals surface area (Å²) in [4.78, 5) is 0. The van der Waals surface area contributed by atoms with Gasteiger partial charge in [0.05, 0.1) is 17.7 Å². The highest BCUT2D eigenvalue weighted by atomic mass is 16.5. The molecule has 0 spiro atoms. The molecule has 4 unspecified atom stereocenters. The van der Waals surface area contributed by atoms with E-state index in [1.54, 1.807) is 7.11 Å². The molecule has 0 bridgehead atoms. The smallest absolute Gasteiger partial charge is 0.0765 e. The first kappa shape index (κ1) is 14.9. The Morgan fingerprint density at radius 2 is 2.18 bits per heavy atom. The number of aliphatic hydroxyl groups is 1. The average molecular weight is 244 g/mol. The van der Waals surface area contributed by atoms with Crippen LogP contribution in [0, 0.1) is 0 Å². The van der Waals surface area contributed by atoms with Crippen molar-refractivity contribution >= 4 is 0 Å². The minimum atomic E-state index is -0.281. The largest absolute Gasteiger partial charge is 0.393 e. The number of nitrogens with two attached hydrogens (primary N) is 1. The molecule has 0 aromatic rings. The van der Waals surface area contributed by atoms with Gasteiger partial charge in [-0.25, -0.2) is 0 Å². The number of rotatable bonds is 6. The molecule has 1 aliphatic rings. The van der Waals surface area contributed by atoms with Crippen molar-refractivity contribution in [2.75, 3.05) is 13.7 Å². The lowest BCUT2D eigenvalue weighted by atomic mass is 9.78. The second-order valence-electron chi connectivity index (χ2n) is 5.46. The van der Waals surface area contributed by atoms with Crippen molar-refractivity contribution in [2.45, 2.75) is 69.7 Å². The van der Waals surface area contributed by atoms with Gasteiger partial charge in [-0.3, -0.25) is 0 Å². The van der Waals surface area contributed by atoms with Gasteiger partial charge in [-0.2, -0.15) is 0 Å². The second kappa shape index (κ2) is 6.69. The average Bonchev–Trinajstić information content (AvgIpc) is 2.28. The molecule has 4 N–H and O–H groups in total. The molecule has 0 aliphatic heterocycles. The molecule has 0 aromatic carbocycles. The SMILES string of the molecule is COC1CCCCC1(CN)NC(C)CC(C)O. The molecule has 4 heteroatoms. The molecule has 0 aromatic heterocycles. The van der Waals surface area contributed by atoms with Crippen molar-refractivity contribution in [3.05, 3.63) is 0 Å². The summed E-state index contributed by atoms with van der Waals surface area (Å²) in [7, 11) is 1.77. The van der Waals surface area contributed by atoms with E-state index in [9.17, 15) is 5.11 Å². The number of hydrogen-bond acceptors (Lipinski definition) is 4. The van der Waals surface area contributed by atoms with E-state index in [4.69, 9.17) is 10.5 Å². The Morgan fingerprint density at radius 1 is 1.47 bits per heavy atom. The number of nitrogens with one attached hydrogen (secondary N) is 1. The van der Waals surface area contributed by atoms with Crippen molar-refractivity contribution in [1.29, 1.82) is 0 Å². The summed E-state index contributed by atoms with van der Waals surface area (Å²) in [5.41, 5.74) is 5.87. The number of hydrogen-bond donors (Lipinski definition) is 3. The maximum Gasteiger partial charge on any atom is 0.0765 e. The molecule has 1 saturated carbocycles. The third kappa shape index (κ3) is 3.91. The van der Waals surface area contributed by atoms with E-state index >= 15 is 0 Å². The van der Waals surface area contributed by atoms with E-state index in [-0.39, 0.29) is 23.8 Å². The monoisotopic (exact) mass is 244 g/mol. The Hall–Kier alpha value is -0.160. The summed E-state index contributed by atoms with van der Waals surface area (Å²) < 4.78 is 5.60. The van der Waals surface area contributed by atoms with Gasteiger partial charge in [0.2, 0.25) is 0 Å². The van der Waals surface area contributed by atoms with Crippen molar-refractivity contribution in [3.8, 4) is 0 Å². The molecule has 0 heterocycles. The summed E-state index contributed by atoms with van der Waals surface area (Å²) >= 11 is 0. The van der Waals surface area contributed by atoms with Crippen molar-refractivity contribution in [1.82, 2.24) is 5.32 Å². The molecule has 1 fully saturated rings. The van der Waals surface area contributed by atoms with Crippen LogP contribution in [0.1, 0.15) is 46.0 Å². The van der Waals surface area contributed by atoms with Crippen LogP contribution >= 0.6 is 0 Å². The van der Waals surface area contributed by atoms with E-state index in [1.165, 1.54) is 12.8 Å². The summed E-state index contributed by atoms with van der Waals surface area (Å²) in [6.45, 7) is 4.52. The fourth-order valence-corrected chi connectivity index (χ4v) is 3.07. The van der Waals surface area contributed by atoms with Crippen LogP contribution in [-0.4, -0.2) is 42.5 Å². The molecule has 1 aliphatic carbocycles. The number of aliphatic hydroxyl groups excluding tert-OH is 1. The van der Waals surface area contributed by atoms with Gasteiger partial charge >= 0.3 is 0 Å².